The highest BCUT2D eigenvalue weighted by atomic mass is 32.2. The van der Waals surface area contributed by atoms with Gasteiger partial charge in [-0.1, -0.05) is 68.1 Å². The first kappa shape index (κ1) is 22.5. The number of thioether (sulfide) groups is 1. The van der Waals surface area contributed by atoms with Gasteiger partial charge in [0.05, 0.1) is 14.2 Å². The van der Waals surface area contributed by atoms with E-state index in [1.54, 1.807) is 26.0 Å². The van der Waals surface area contributed by atoms with E-state index in [9.17, 15) is 4.79 Å². The maximum Gasteiger partial charge on any atom is 0.227 e. The van der Waals surface area contributed by atoms with Crippen LogP contribution in [0.3, 0.4) is 0 Å². The molecule has 0 amide bonds. The highest BCUT2D eigenvalue weighted by molar-refractivity contribution is 7.98. The average Bonchev–Trinajstić information content (AvgIpc) is 3.23. The van der Waals surface area contributed by atoms with Gasteiger partial charge in [0.1, 0.15) is 6.04 Å². The molecule has 8 heteroatoms. The Kier molecular flexibility index (Phi) is 5.85. The number of para-hydroxylation sites is 1. The number of benzene rings is 2. The van der Waals surface area contributed by atoms with Crippen molar-refractivity contribution in [1.82, 2.24) is 14.8 Å². The summed E-state index contributed by atoms with van der Waals surface area (Å²) < 4.78 is 13.1. The third-order valence-corrected chi connectivity index (χ3v) is 7.16. The summed E-state index contributed by atoms with van der Waals surface area (Å²) in [6.45, 7) is 4.25. The minimum Gasteiger partial charge on any atom is -0.493 e. The molecule has 5 rings (SSSR count). The summed E-state index contributed by atoms with van der Waals surface area (Å²) >= 11 is 1.57. The summed E-state index contributed by atoms with van der Waals surface area (Å²) in [5.41, 5.74) is 3.54. The Hall–Kier alpha value is -3.26. The van der Waals surface area contributed by atoms with Gasteiger partial charge in [-0.3, -0.25) is 4.79 Å². The lowest BCUT2D eigenvalue weighted by Crippen LogP contribution is -2.36. The summed E-state index contributed by atoms with van der Waals surface area (Å²) in [5.74, 6) is 2.73. The first-order valence-corrected chi connectivity index (χ1v) is 12.3. The molecule has 1 N–H and O–H groups in total. The Bertz CT molecular complexity index is 1270. The number of carbonyl (C=O) groups is 1. The van der Waals surface area contributed by atoms with Crippen molar-refractivity contribution < 1.29 is 14.3 Å². The summed E-state index contributed by atoms with van der Waals surface area (Å²) in [5, 5.41) is 8.93. The molecule has 0 radical (unpaired) electrons. The fourth-order valence-corrected chi connectivity index (χ4v) is 5.57. The monoisotopic (exact) mass is 476 g/mol. The highest BCUT2D eigenvalue weighted by Gasteiger charge is 2.43. The van der Waals surface area contributed by atoms with Crippen LogP contribution in [0, 0.1) is 5.41 Å². The third-order valence-electron chi connectivity index (χ3n) is 6.25. The molecule has 1 atom stereocenters. The molecule has 2 aliphatic rings. The molecule has 0 saturated carbocycles. The zero-order valence-electron chi connectivity index (χ0n) is 19.8. The zero-order chi connectivity index (χ0) is 23.9. The molecule has 34 heavy (non-hydrogen) atoms. The Morgan fingerprint density at radius 1 is 1.09 bits per heavy atom. The molecular weight excluding hydrogens is 448 g/mol. The number of fused-ring (bicyclic) bond motifs is 1. The maximum atomic E-state index is 13.5. The second kappa shape index (κ2) is 8.83. The molecule has 7 nitrogen and oxygen atoms in total. The van der Waals surface area contributed by atoms with Gasteiger partial charge in [-0.2, -0.15) is 4.98 Å². The van der Waals surface area contributed by atoms with Crippen LogP contribution in [0.1, 0.15) is 43.9 Å². The third kappa shape index (κ3) is 4.07. The zero-order valence-corrected chi connectivity index (χ0v) is 20.6. The maximum absolute atomic E-state index is 13.5. The van der Waals surface area contributed by atoms with Gasteiger partial charge in [0, 0.05) is 29.0 Å². The molecule has 1 aliphatic heterocycles. The number of Topliss-reactive ketones (excluding diaryl/α,β-unsaturated/α-hetero) is 1. The largest absolute Gasteiger partial charge is 0.493 e. The van der Waals surface area contributed by atoms with Crippen LogP contribution in [-0.2, 0) is 10.5 Å². The van der Waals surface area contributed by atoms with E-state index >= 15 is 0 Å². The average molecular weight is 477 g/mol. The van der Waals surface area contributed by atoms with Crippen molar-refractivity contribution in [2.75, 3.05) is 19.5 Å². The van der Waals surface area contributed by atoms with E-state index < -0.39 is 6.04 Å². The summed E-state index contributed by atoms with van der Waals surface area (Å²) in [6, 6.07) is 15.5. The van der Waals surface area contributed by atoms with Crippen molar-refractivity contribution in [3.8, 4) is 11.5 Å². The number of aromatic nitrogens is 3. The van der Waals surface area contributed by atoms with Crippen molar-refractivity contribution in [2.24, 2.45) is 5.41 Å². The fraction of sp³-hybridized carbons (Fsp3) is 0.346. The molecule has 2 heterocycles. The van der Waals surface area contributed by atoms with Gasteiger partial charge in [0.2, 0.25) is 11.1 Å². The van der Waals surface area contributed by atoms with E-state index in [2.05, 4.69) is 31.3 Å². The number of hydrogen-bond acceptors (Lipinski definition) is 7. The molecule has 1 unspecified atom stereocenters. The summed E-state index contributed by atoms with van der Waals surface area (Å²) in [7, 11) is 3.23. The SMILES string of the molecule is COc1cccc(C2C3=C(CC(C)(C)CC3=O)Nc3nc(SCc4ccccc4)nn32)c1OC. The van der Waals surface area contributed by atoms with E-state index in [0.717, 1.165) is 29.0 Å². The summed E-state index contributed by atoms with van der Waals surface area (Å²) in [6.07, 6.45) is 1.24. The van der Waals surface area contributed by atoms with Crippen molar-refractivity contribution >= 4 is 23.5 Å². The van der Waals surface area contributed by atoms with E-state index in [0.29, 0.717) is 29.0 Å². The number of hydrogen-bond donors (Lipinski definition) is 1. The van der Waals surface area contributed by atoms with Gasteiger partial charge in [-0.25, -0.2) is 4.68 Å². The Labute approximate surface area is 203 Å². The van der Waals surface area contributed by atoms with Crippen LogP contribution < -0.4 is 14.8 Å². The predicted molar refractivity (Wildman–Crippen MR) is 132 cm³/mol. The van der Waals surface area contributed by atoms with E-state index in [1.807, 2.05) is 41.1 Å². The van der Waals surface area contributed by atoms with Crippen LogP contribution in [0.15, 0.2) is 65.0 Å². The minimum absolute atomic E-state index is 0.119. The fourth-order valence-electron chi connectivity index (χ4n) is 4.79. The van der Waals surface area contributed by atoms with Gasteiger partial charge in [0.15, 0.2) is 17.3 Å². The molecule has 0 saturated heterocycles. The van der Waals surface area contributed by atoms with Gasteiger partial charge in [0.25, 0.3) is 0 Å². The topological polar surface area (TPSA) is 78.3 Å². The molecule has 176 valence electrons. The van der Waals surface area contributed by atoms with Crippen LogP contribution in [0.5, 0.6) is 11.5 Å². The molecule has 3 aromatic rings. The van der Waals surface area contributed by atoms with Crippen LogP contribution in [0.2, 0.25) is 0 Å². The molecule has 1 aliphatic carbocycles. The lowest BCUT2D eigenvalue weighted by Gasteiger charge is -2.38. The Morgan fingerprint density at radius 2 is 1.88 bits per heavy atom. The Morgan fingerprint density at radius 3 is 2.62 bits per heavy atom. The molecule has 0 fully saturated rings. The van der Waals surface area contributed by atoms with Crippen LogP contribution in [0.4, 0.5) is 5.95 Å². The number of rotatable bonds is 6. The van der Waals surface area contributed by atoms with Crippen LogP contribution >= 0.6 is 11.8 Å². The first-order valence-electron chi connectivity index (χ1n) is 11.3. The van der Waals surface area contributed by atoms with Crippen molar-refractivity contribution in [2.45, 2.75) is 43.6 Å². The number of ketones is 1. The van der Waals surface area contributed by atoms with Crippen LogP contribution in [0.25, 0.3) is 0 Å². The highest BCUT2D eigenvalue weighted by Crippen LogP contribution is 2.48. The standard InChI is InChI=1S/C26H28N4O3S/c1-26(2)13-18-21(19(31)14-26)22(17-11-8-12-20(32-3)23(17)33-4)30-24(27-18)28-25(29-30)34-15-16-9-6-5-7-10-16/h5-12,22H,13-15H2,1-4H3,(H,27,28,29). The first-order chi connectivity index (χ1) is 16.4. The summed E-state index contributed by atoms with van der Waals surface area (Å²) in [4.78, 5) is 18.3. The number of allylic oxidation sites excluding steroid dienone is 2. The number of ether oxygens (including phenoxy) is 2. The van der Waals surface area contributed by atoms with Crippen molar-refractivity contribution in [3.63, 3.8) is 0 Å². The smallest absolute Gasteiger partial charge is 0.227 e. The van der Waals surface area contributed by atoms with Gasteiger partial charge in [-0.05, 0) is 23.5 Å². The second-order valence-corrected chi connectivity index (χ2v) is 10.3. The number of carbonyl (C=O) groups excluding carboxylic acids is 1. The van der Waals surface area contributed by atoms with Gasteiger partial charge in [-0.15, -0.1) is 5.10 Å². The lowest BCUT2D eigenvalue weighted by molar-refractivity contribution is -0.118. The van der Waals surface area contributed by atoms with Gasteiger partial charge < -0.3 is 14.8 Å². The van der Waals surface area contributed by atoms with E-state index in [1.165, 1.54) is 5.56 Å². The second-order valence-electron chi connectivity index (χ2n) is 9.38. The molecular formula is C26H28N4O3S. The molecule has 1 aromatic heterocycles. The molecule has 2 aromatic carbocycles. The van der Waals surface area contributed by atoms with Crippen molar-refractivity contribution in [1.29, 1.82) is 0 Å². The quantitative estimate of drug-likeness (QED) is 0.487. The lowest BCUT2D eigenvalue weighted by atomic mass is 9.73. The van der Waals surface area contributed by atoms with Crippen LogP contribution in [-0.4, -0.2) is 34.8 Å². The number of methoxy groups -OCH3 is 2. The molecule has 0 spiro atoms. The van der Waals surface area contributed by atoms with Gasteiger partial charge >= 0.3 is 0 Å². The molecule has 0 bridgehead atoms. The Balaban J connectivity index is 1.60. The van der Waals surface area contributed by atoms with E-state index in [4.69, 9.17) is 19.6 Å². The normalized spacial score (nSPS) is 18.7. The number of nitrogens with zero attached hydrogens (tertiary/aromatic N) is 3. The number of anilines is 1. The minimum atomic E-state index is -0.446. The number of nitrogens with one attached hydrogen (secondary N) is 1. The van der Waals surface area contributed by atoms with E-state index in [-0.39, 0.29) is 11.2 Å². The van der Waals surface area contributed by atoms with Crippen molar-refractivity contribution in [3.05, 3.63) is 70.9 Å². The predicted octanol–water partition coefficient (Wildman–Crippen LogP) is 5.25.